The van der Waals surface area contributed by atoms with E-state index in [0.29, 0.717) is 25.7 Å². The number of hydrogen-bond acceptors (Lipinski definition) is 4. The molecule has 16 heavy (non-hydrogen) atoms. The van der Waals surface area contributed by atoms with E-state index in [1.54, 1.807) is 7.05 Å². The lowest BCUT2D eigenvalue weighted by Crippen LogP contribution is -2.48. The van der Waals surface area contributed by atoms with Gasteiger partial charge in [-0.25, -0.2) is 4.79 Å². The molecule has 0 aromatic heterocycles. The van der Waals surface area contributed by atoms with Gasteiger partial charge in [-0.2, -0.15) is 0 Å². The van der Waals surface area contributed by atoms with E-state index in [1.165, 1.54) is 4.90 Å². The van der Waals surface area contributed by atoms with Crippen molar-refractivity contribution in [3.63, 3.8) is 0 Å². The van der Waals surface area contributed by atoms with E-state index in [2.05, 4.69) is 0 Å². The molecule has 1 fully saturated rings. The molecular weight excluding hydrogens is 212 g/mol. The molecule has 1 rings (SSSR count). The van der Waals surface area contributed by atoms with Crippen LogP contribution >= 0.6 is 0 Å². The molecule has 1 amide bonds. The first-order valence-electron chi connectivity index (χ1n) is 5.33. The van der Waals surface area contributed by atoms with E-state index >= 15 is 0 Å². The van der Waals surface area contributed by atoms with Gasteiger partial charge in [-0.1, -0.05) is 0 Å². The molecule has 0 aromatic rings. The minimum Gasteiger partial charge on any atom is -0.480 e. The molecule has 0 radical (unpaired) electrons. The Morgan fingerprint density at radius 3 is 2.56 bits per heavy atom. The van der Waals surface area contributed by atoms with Crippen LogP contribution in [0.1, 0.15) is 12.8 Å². The number of carboxylic acids is 1. The number of carbonyl (C=O) groups excluding carboxylic acids is 1. The largest absolute Gasteiger partial charge is 0.480 e. The third-order valence-electron chi connectivity index (χ3n) is 2.78. The molecule has 92 valence electrons. The van der Waals surface area contributed by atoms with E-state index < -0.39 is 17.9 Å². The minimum atomic E-state index is -1.45. The number of nitrogens with zero attached hydrogens (tertiary/aromatic N) is 1. The molecule has 0 aliphatic carbocycles. The van der Waals surface area contributed by atoms with Gasteiger partial charge in [-0.3, -0.25) is 4.79 Å². The molecule has 0 spiro atoms. The van der Waals surface area contributed by atoms with Crippen LogP contribution in [0.5, 0.6) is 0 Å². The zero-order valence-electron chi connectivity index (χ0n) is 9.39. The second kappa shape index (κ2) is 5.81. The average Bonchev–Trinajstić information content (AvgIpc) is 2.28. The van der Waals surface area contributed by atoms with Crippen molar-refractivity contribution in [1.29, 1.82) is 0 Å². The summed E-state index contributed by atoms with van der Waals surface area (Å²) in [7, 11) is 1.58. The van der Waals surface area contributed by atoms with Crippen molar-refractivity contribution >= 4 is 11.9 Å². The highest BCUT2D eigenvalue weighted by atomic mass is 16.5. The lowest BCUT2D eigenvalue weighted by atomic mass is 9.99. The van der Waals surface area contributed by atoms with Crippen molar-refractivity contribution in [3.8, 4) is 0 Å². The van der Waals surface area contributed by atoms with Crippen molar-refractivity contribution in [2.24, 2.45) is 11.7 Å². The van der Waals surface area contributed by atoms with E-state index in [0.717, 1.165) is 12.8 Å². The second-order valence-electron chi connectivity index (χ2n) is 4.09. The lowest BCUT2D eigenvalue weighted by Gasteiger charge is -2.27. The quantitative estimate of drug-likeness (QED) is 0.622. The normalized spacial score (nSPS) is 19.1. The number of likely N-dealkylation sites (N-methyl/N-ethyl adjacent to an activating group) is 1. The van der Waals surface area contributed by atoms with Gasteiger partial charge in [-0.05, 0) is 18.8 Å². The molecule has 6 heteroatoms. The maximum Gasteiger partial charge on any atom is 0.330 e. The van der Waals surface area contributed by atoms with Crippen molar-refractivity contribution in [2.75, 3.05) is 26.8 Å². The topological polar surface area (TPSA) is 92.9 Å². The van der Waals surface area contributed by atoms with Crippen LogP contribution in [0.3, 0.4) is 0 Å². The highest BCUT2D eigenvalue weighted by Gasteiger charge is 2.26. The lowest BCUT2D eigenvalue weighted by molar-refractivity contribution is -0.146. The number of carbonyl (C=O) groups is 2. The fourth-order valence-electron chi connectivity index (χ4n) is 1.75. The molecule has 1 heterocycles. The molecule has 1 aliphatic heterocycles. The molecular formula is C10H18N2O4. The number of nitrogens with two attached hydrogens (primary N) is 1. The first-order valence-corrected chi connectivity index (χ1v) is 5.33. The third kappa shape index (κ3) is 3.46. The van der Waals surface area contributed by atoms with Crippen LogP contribution in [0, 0.1) is 5.92 Å². The van der Waals surface area contributed by atoms with Crippen LogP contribution in [0.25, 0.3) is 0 Å². The highest BCUT2D eigenvalue weighted by Crippen LogP contribution is 2.15. The molecule has 1 unspecified atom stereocenters. The van der Waals surface area contributed by atoms with Gasteiger partial charge in [0, 0.05) is 26.8 Å². The number of carboxylic acid groups (broad SMARTS) is 1. The van der Waals surface area contributed by atoms with Crippen molar-refractivity contribution in [2.45, 2.75) is 18.9 Å². The van der Waals surface area contributed by atoms with Gasteiger partial charge in [-0.15, -0.1) is 0 Å². The molecule has 1 atom stereocenters. The van der Waals surface area contributed by atoms with Crippen LogP contribution in [0.15, 0.2) is 0 Å². The van der Waals surface area contributed by atoms with Crippen LogP contribution in [0.4, 0.5) is 0 Å². The monoisotopic (exact) mass is 230 g/mol. The Labute approximate surface area is 94.3 Å². The van der Waals surface area contributed by atoms with Crippen LogP contribution in [0.2, 0.25) is 0 Å². The maximum atomic E-state index is 11.5. The van der Waals surface area contributed by atoms with Crippen LogP contribution in [-0.2, 0) is 14.3 Å². The zero-order valence-corrected chi connectivity index (χ0v) is 9.39. The summed E-state index contributed by atoms with van der Waals surface area (Å²) in [6.07, 6.45) is 1.81. The smallest absolute Gasteiger partial charge is 0.330 e. The molecule has 0 aromatic carbocycles. The Balaban J connectivity index is 2.41. The van der Waals surface area contributed by atoms with Crippen molar-refractivity contribution in [3.05, 3.63) is 0 Å². The summed E-state index contributed by atoms with van der Waals surface area (Å²) >= 11 is 0. The first kappa shape index (κ1) is 12.9. The van der Waals surface area contributed by atoms with E-state index in [-0.39, 0.29) is 0 Å². The number of ether oxygens (including phenoxy) is 1. The van der Waals surface area contributed by atoms with Gasteiger partial charge in [0.1, 0.15) is 0 Å². The molecule has 1 aliphatic rings. The minimum absolute atomic E-state index is 0.378. The standard InChI is InChI=1S/C10H18N2O4/c1-12(9(13)8(11)10(14)15)6-7-2-4-16-5-3-7/h7-8H,2-6,11H2,1H3,(H,14,15). The Hall–Kier alpha value is -1.14. The summed E-state index contributed by atoms with van der Waals surface area (Å²) in [5.74, 6) is -1.45. The Kier molecular flexibility index (Phi) is 4.70. The van der Waals surface area contributed by atoms with Gasteiger partial charge in [0.25, 0.3) is 5.91 Å². The number of hydrogen-bond donors (Lipinski definition) is 2. The average molecular weight is 230 g/mol. The summed E-state index contributed by atoms with van der Waals surface area (Å²) in [6, 6.07) is -1.45. The van der Waals surface area contributed by atoms with Gasteiger partial charge in [0.05, 0.1) is 0 Å². The Morgan fingerprint density at radius 1 is 1.50 bits per heavy atom. The summed E-state index contributed by atoms with van der Waals surface area (Å²) in [5, 5.41) is 8.61. The first-order chi connectivity index (χ1) is 7.52. The number of amides is 1. The number of aliphatic carboxylic acids is 1. The summed E-state index contributed by atoms with van der Waals surface area (Å²) in [6.45, 7) is 1.96. The van der Waals surface area contributed by atoms with E-state index in [1.807, 2.05) is 0 Å². The van der Waals surface area contributed by atoms with E-state index in [9.17, 15) is 9.59 Å². The fraction of sp³-hybridized carbons (Fsp3) is 0.800. The van der Waals surface area contributed by atoms with Gasteiger partial charge < -0.3 is 20.5 Å². The Bertz CT molecular complexity index is 264. The fourth-order valence-corrected chi connectivity index (χ4v) is 1.75. The molecule has 0 saturated carbocycles. The van der Waals surface area contributed by atoms with Gasteiger partial charge in [0.15, 0.2) is 6.04 Å². The molecule has 3 N–H and O–H groups in total. The van der Waals surface area contributed by atoms with Gasteiger partial charge >= 0.3 is 5.97 Å². The highest BCUT2D eigenvalue weighted by molar-refractivity contribution is 6.00. The van der Waals surface area contributed by atoms with Crippen molar-refractivity contribution in [1.82, 2.24) is 4.90 Å². The van der Waals surface area contributed by atoms with E-state index in [4.69, 9.17) is 15.6 Å². The summed E-state index contributed by atoms with van der Waals surface area (Å²) in [5.41, 5.74) is 5.25. The maximum absolute atomic E-state index is 11.5. The van der Waals surface area contributed by atoms with Crippen LogP contribution in [-0.4, -0.2) is 54.7 Å². The van der Waals surface area contributed by atoms with Crippen LogP contribution < -0.4 is 5.73 Å². The number of rotatable bonds is 4. The van der Waals surface area contributed by atoms with Crippen molar-refractivity contribution < 1.29 is 19.4 Å². The predicted molar refractivity (Wildman–Crippen MR) is 56.8 cm³/mol. The van der Waals surface area contributed by atoms with Gasteiger partial charge in [0.2, 0.25) is 0 Å². The SMILES string of the molecule is CN(CC1CCOCC1)C(=O)C(N)C(=O)O. The Morgan fingerprint density at radius 2 is 2.06 bits per heavy atom. The molecule has 0 bridgehead atoms. The second-order valence-corrected chi connectivity index (χ2v) is 4.09. The zero-order chi connectivity index (χ0) is 12.1. The third-order valence-corrected chi connectivity index (χ3v) is 2.78. The predicted octanol–water partition coefficient (Wildman–Crippen LogP) is -0.717. The molecule has 1 saturated heterocycles. The summed E-state index contributed by atoms with van der Waals surface area (Å²) in [4.78, 5) is 23.5. The molecule has 6 nitrogen and oxygen atoms in total. The summed E-state index contributed by atoms with van der Waals surface area (Å²) < 4.78 is 5.21.